The maximum atomic E-state index is 13.3. The fourth-order valence-electron chi connectivity index (χ4n) is 5.03. The molecule has 0 radical (unpaired) electrons. The maximum absolute atomic E-state index is 13.3. The third-order valence-electron chi connectivity index (χ3n) is 6.88. The predicted octanol–water partition coefficient (Wildman–Crippen LogP) is 4.70. The molecule has 2 aliphatic rings. The van der Waals surface area contributed by atoms with Gasteiger partial charge in [0.1, 0.15) is 6.26 Å². The summed E-state index contributed by atoms with van der Waals surface area (Å²) in [5, 5.41) is 0.637. The van der Waals surface area contributed by atoms with E-state index in [1.165, 1.54) is 6.26 Å². The predicted molar refractivity (Wildman–Crippen MR) is 131 cm³/mol. The van der Waals surface area contributed by atoms with Crippen LogP contribution in [0.2, 0.25) is 5.02 Å². The van der Waals surface area contributed by atoms with Crippen LogP contribution in [0.1, 0.15) is 60.2 Å². The van der Waals surface area contributed by atoms with E-state index in [9.17, 15) is 9.59 Å². The Hall–Kier alpha value is -3.26. The second-order valence-corrected chi connectivity index (χ2v) is 9.69. The van der Waals surface area contributed by atoms with Gasteiger partial charge in [-0.1, -0.05) is 23.7 Å². The van der Waals surface area contributed by atoms with Crippen LogP contribution >= 0.6 is 11.6 Å². The van der Waals surface area contributed by atoms with Gasteiger partial charge in [-0.3, -0.25) is 9.59 Å². The first-order valence-corrected chi connectivity index (χ1v) is 12.5. The summed E-state index contributed by atoms with van der Waals surface area (Å²) in [6.07, 6.45) is 7.11. The Morgan fingerprint density at radius 3 is 2.69 bits per heavy atom. The SMILES string of the molecule is Cc1nc(C(=O)N2CCC(CC(=O)N3CCC[C@H]3c3ccnc(-c4cccc(Cl)c4)n3)CC2)co1. The Labute approximate surface area is 209 Å². The van der Waals surface area contributed by atoms with E-state index in [0.717, 1.165) is 43.5 Å². The van der Waals surface area contributed by atoms with Gasteiger partial charge < -0.3 is 14.2 Å². The molecule has 0 saturated carbocycles. The van der Waals surface area contributed by atoms with Gasteiger partial charge in [0.25, 0.3) is 5.91 Å². The smallest absolute Gasteiger partial charge is 0.275 e. The second kappa shape index (κ2) is 10.2. The Morgan fingerprint density at radius 2 is 1.94 bits per heavy atom. The molecule has 0 aliphatic carbocycles. The highest BCUT2D eigenvalue weighted by molar-refractivity contribution is 6.30. The van der Waals surface area contributed by atoms with E-state index in [1.807, 2.05) is 35.2 Å². The molecule has 9 heteroatoms. The molecule has 0 N–H and O–H groups in total. The molecule has 1 atom stereocenters. The lowest BCUT2D eigenvalue weighted by Gasteiger charge is -2.33. The van der Waals surface area contributed by atoms with Crippen molar-refractivity contribution >= 4 is 23.4 Å². The summed E-state index contributed by atoms with van der Waals surface area (Å²) < 4.78 is 5.17. The van der Waals surface area contributed by atoms with Gasteiger partial charge in [-0.25, -0.2) is 15.0 Å². The number of nitrogens with zero attached hydrogens (tertiary/aromatic N) is 5. The van der Waals surface area contributed by atoms with Gasteiger partial charge in [0, 0.05) is 49.8 Å². The molecular formula is C26H28ClN5O3. The summed E-state index contributed by atoms with van der Waals surface area (Å²) in [6, 6.07) is 9.34. The van der Waals surface area contributed by atoms with Gasteiger partial charge in [-0.05, 0) is 49.8 Å². The fraction of sp³-hybridized carbons (Fsp3) is 0.423. The van der Waals surface area contributed by atoms with Gasteiger partial charge in [-0.2, -0.15) is 0 Å². The summed E-state index contributed by atoms with van der Waals surface area (Å²) in [5.41, 5.74) is 2.07. The standard InChI is InChI=1S/C26H28ClN5O3/c1-17-29-22(16-35-17)26(34)31-12-8-18(9-13-31)14-24(33)32-11-3-6-23(32)21-7-10-28-25(30-21)19-4-2-5-20(27)15-19/h2,4-5,7,10,15-16,18,23H,3,6,8-9,11-14H2,1H3/t23-/m0/s1. The van der Waals surface area contributed by atoms with Crippen LogP contribution in [-0.2, 0) is 4.79 Å². The van der Waals surface area contributed by atoms with E-state index >= 15 is 0 Å². The molecule has 5 rings (SSSR count). The van der Waals surface area contributed by atoms with Crippen LogP contribution in [0.3, 0.4) is 0 Å². The molecule has 0 bridgehead atoms. The van der Waals surface area contributed by atoms with E-state index in [4.69, 9.17) is 21.0 Å². The summed E-state index contributed by atoms with van der Waals surface area (Å²) in [5.74, 6) is 1.41. The van der Waals surface area contributed by atoms with Crippen LogP contribution in [0.4, 0.5) is 0 Å². The molecule has 2 aromatic heterocycles. The highest BCUT2D eigenvalue weighted by Crippen LogP contribution is 2.34. The largest absolute Gasteiger partial charge is 0.448 e. The van der Waals surface area contributed by atoms with E-state index in [0.29, 0.717) is 41.9 Å². The first kappa shape index (κ1) is 23.5. The topological polar surface area (TPSA) is 92.4 Å². The number of likely N-dealkylation sites (tertiary alicyclic amines) is 2. The van der Waals surface area contributed by atoms with Crippen molar-refractivity contribution in [1.82, 2.24) is 24.8 Å². The zero-order chi connectivity index (χ0) is 24.4. The van der Waals surface area contributed by atoms with E-state index in [2.05, 4.69) is 9.97 Å². The van der Waals surface area contributed by atoms with Crippen LogP contribution in [-0.4, -0.2) is 56.2 Å². The zero-order valence-electron chi connectivity index (χ0n) is 19.7. The molecule has 2 fully saturated rings. The Kier molecular flexibility index (Phi) is 6.81. The van der Waals surface area contributed by atoms with E-state index in [1.54, 1.807) is 18.0 Å². The Balaban J connectivity index is 1.20. The normalized spacial score (nSPS) is 18.7. The Morgan fingerprint density at radius 1 is 1.11 bits per heavy atom. The van der Waals surface area contributed by atoms with Crippen molar-refractivity contribution in [2.45, 2.75) is 45.1 Å². The van der Waals surface area contributed by atoms with Gasteiger partial charge >= 0.3 is 0 Å². The van der Waals surface area contributed by atoms with Gasteiger partial charge in [0.15, 0.2) is 17.4 Å². The molecule has 0 unspecified atom stereocenters. The number of aromatic nitrogens is 3. The van der Waals surface area contributed by atoms with Crippen molar-refractivity contribution in [2.75, 3.05) is 19.6 Å². The third-order valence-corrected chi connectivity index (χ3v) is 7.11. The summed E-state index contributed by atoms with van der Waals surface area (Å²) in [7, 11) is 0. The molecule has 1 aromatic carbocycles. The minimum Gasteiger partial charge on any atom is -0.448 e. The summed E-state index contributed by atoms with van der Waals surface area (Å²) in [6.45, 7) is 3.71. The number of hydrogen-bond donors (Lipinski definition) is 0. The van der Waals surface area contributed by atoms with Crippen LogP contribution in [0.5, 0.6) is 0 Å². The third kappa shape index (κ3) is 5.22. The Bertz CT molecular complexity index is 1220. The number of benzene rings is 1. The maximum Gasteiger partial charge on any atom is 0.275 e. The molecule has 182 valence electrons. The van der Waals surface area contributed by atoms with Crippen LogP contribution < -0.4 is 0 Å². The number of carbonyl (C=O) groups excluding carboxylic acids is 2. The molecule has 35 heavy (non-hydrogen) atoms. The minimum atomic E-state index is -0.106. The number of amides is 2. The summed E-state index contributed by atoms with van der Waals surface area (Å²) >= 11 is 6.14. The van der Waals surface area contributed by atoms with Crippen molar-refractivity contribution in [3.63, 3.8) is 0 Å². The van der Waals surface area contributed by atoms with E-state index < -0.39 is 0 Å². The molecule has 0 spiro atoms. The quantitative estimate of drug-likeness (QED) is 0.511. The number of oxazole rings is 1. The number of piperidine rings is 1. The number of hydrogen-bond acceptors (Lipinski definition) is 6. The molecule has 3 aromatic rings. The highest BCUT2D eigenvalue weighted by Gasteiger charge is 2.33. The average molecular weight is 494 g/mol. The van der Waals surface area contributed by atoms with Crippen LogP contribution in [0, 0.1) is 12.8 Å². The van der Waals surface area contributed by atoms with Crippen molar-refractivity contribution in [1.29, 1.82) is 0 Å². The first-order chi connectivity index (χ1) is 17.0. The molecule has 2 aliphatic heterocycles. The van der Waals surface area contributed by atoms with Crippen LogP contribution in [0.25, 0.3) is 11.4 Å². The van der Waals surface area contributed by atoms with Crippen LogP contribution in [0.15, 0.2) is 47.2 Å². The van der Waals surface area contributed by atoms with Gasteiger partial charge in [-0.15, -0.1) is 0 Å². The molecule has 2 saturated heterocycles. The minimum absolute atomic E-state index is 0.0412. The monoisotopic (exact) mass is 493 g/mol. The highest BCUT2D eigenvalue weighted by atomic mass is 35.5. The number of carbonyl (C=O) groups is 2. The number of halogens is 1. The number of aryl methyl sites for hydroxylation is 1. The average Bonchev–Trinajstić information content (AvgIpc) is 3.54. The van der Waals surface area contributed by atoms with Crippen molar-refractivity contribution in [3.05, 3.63) is 65.1 Å². The molecule has 2 amide bonds. The van der Waals surface area contributed by atoms with Crippen molar-refractivity contribution in [2.24, 2.45) is 5.92 Å². The first-order valence-electron chi connectivity index (χ1n) is 12.1. The van der Waals surface area contributed by atoms with Gasteiger partial charge in [0.2, 0.25) is 5.91 Å². The number of rotatable bonds is 5. The van der Waals surface area contributed by atoms with Crippen molar-refractivity contribution < 1.29 is 14.0 Å². The zero-order valence-corrected chi connectivity index (χ0v) is 20.4. The van der Waals surface area contributed by atoms with Gasteiger partial charge in [0.05, 0.1) is 11.7 Å². The fourth-order valence-corrected chi connectivity index (χ4v) is 5.22. The van der Waals surface area contributed by atoms with E-state index in [-0.39, 0.29) is 23.8 Å². The summed E-state index contributed by atoms with van der Waals surface area (Å²) in [4.78, 5) is 43.0. The lowest BCUT2D eigenvalue weighted by Crippen LogP contribution is -2.40. The van der Waals surface area contributed by atoms with Crippen molar-refractivity contribution in [3.8, 4) is 11.4 Å². The lowest BCUT2D eigenvalue weighted by atomic mass is 9.92. The second-order valence-electron chi connectivity index (χ2n) is 9.25. The molecule has 4 heterocycles. The lowest BCUT2D eigenvalue weighted by molar-refractivity contribution is -0.133. The molecular weight excluding hydrogens is 466 g/mol. The molecule has 8 nitrogen and oxygen atoms in total.